The summed E-state index contributed by atoms with van der Waals surface area (Å²) < 4.78 is 27.3. The fourth-order valence-electron chi connectivity index (χ4n) is 2.23. The van der Waals surface area contributed by atoms with Gasteiger partial charge in [0.25, 0.3) is 0 Å². The second kappa shape index (κ2) is 6.42. The largest absolute Gasteiger partial charge is 0.326 e. The van der Waals surface area contributed by atoms with Crippen molar-refractivity contribution in [3.05, 3.63) is 27.7 Å². The number of hydrogen-bond acceptors (Lipinski definition) is 3. The van der Waals surface area contributed by atoms with Gasteiger partial charge in [0.2, 0.25) is 10.0 Å². The van der Waals surface area contributed by atoms with Crippen molar-refractivity contribution in [2.45, 2.75) is 44.2 Å². The summed E-state index contributed by atoms with van der Waals surface area (Å²) in [4.78, 5) is 0.0865. The minimum Gasteiger partial charge on any atom is -0.326 e. The highest BCUT2D eigenvalue weighted by Crippen LogP contribution is 2.36. The molecule has 0 amide bonds. The van der Waals surface area contributed by atoms with E-state index in [4.69, 9.17) is 28.9 Å². The molecule has 0 aliphatic heterocycles. The van der Waals surface area contributed by atoms with Gasteiger partial charge < -0.3 is 5.73 Å². The third-order valence-corrected chi connectivity index (χ3v) is 6.63. The van der Waals surface area contributed by atoms with Crippen LogP contribution in [-0.4, -0.2) is 25.3 Å². The minimum atomic E-state index is -3.65. The van der Waals surface area contributed by atoms with E-state index >= 15 is 0 Å². The standard InChI is InChI=1S/C14H20Cl2N2O2S/c1-9(2)18(8-10-3-4-10)21(19,20)13-6-5-12(15)11(7-17)14(13)16/h5-6,9-10H,3-4,7-8,17H2,1-2H3. The lowest BCUT2D eigenvalue weighted by molar-refractivity contribution is 0.341. The smallest absolute Gasteiger partial charge is 0.244 e. The van der Waals surface area contributed by atoms with Crippen LogP contribution in [0.2, 0.25) is 10.0 Å². The maximum absolute atomic E-state index is 12.9. The average molecular weight is 351 g/mol. The Kier molecular flexibility index (Phi) is 5.21. The maximum Gasteiger partial charge on any atom is 0.244 e. The number of sulfonamides is 1. The highest BCUT2D eigenvalue weighted by atomic mass is 35.5. The summed E-state index contributed by atoms with van der Waals surface area (Å²) >= 11 is 12.2. The molecule has 2 rings (SSSR count). The van der Waals surface area contributed by atoms with Crippen LogP contribution in [0.3, 0.4) is 0 Å². The Hall–Kier alpha value is -0.330. The molecule has 0 spiro atoms. The first-order valence-electron chi connectivity index (χ1n) is 6.97. The Morgan fingerprint density at radius 3 is 2.43 bits per heavy atom. The van der Waals surface area contributed by atoms with Crippen LogP contribution < -0.4 is 5.73 Å². The molecule has 0 saturated heterocycles. The molecular weight excluding hydrogens is 331 g/mol. The summed E-state index contributed by atoms with van der Waals surface area (Å²) in [5.41, 5.74) is 6.08. The van der Waals surface area contributed by atoms with Crippen LogP contribution in [0.1, 0.15) is 32.3 Å². The molecule has 0 atom stereocenters. The molecule has 1 aromatic rings. The van der Waals surface area contributed by atoms with E-state index in [-0.39, 0.29) is 22.5 Å². The SMILES string of the molecule is CC(C)N(CC1CC1)S(=O)(=O)c1ccc(Cl)c(CN)c1Cl. The topological polar surface area (TPSA) is 63.4 Å². The fourth-order valence-corrected chi connectivity index (χ4v) is 4.85. The molecule has 21 heavy (non-hydrogen) atoms. The van der Waals surface area contributed by atoms with Crippen molar-refractivity contribution in [1.82, 2.24) is 4.31 Å². The van der Waals surface area contributed by atoms with Crippen LogP contribution >= 0.6 is 23.2 Å². The average Bonchev–Trinajstić information content (AvgIpc) is 3.19. The molecule has 0 unspecified atom stereocenters. The predicted octanol–water partition coefficient (Wildman–Crippen LogP) is 3.26. The molecule has 1 aliphatic carbocycles. The minimum absolute atomic E-state index is 0.0865. The third-order valence-electron chi connectivity index (χ3n) is 3.65. The lowest BCUT2D eigenvalue weighted by Crippen LogP contribution is -2.38. The van der Waals surface area contributed by atoms with Gasteiger partial charge in [0, 0.05) is 29.7 Å². The number of rotatable bonds is 6. The molecule has 0 radical (unpaired) electrons. The lowest BCUT2D eigenvalue weighted by Gasteiger charge is -2.26. The summed E-state index contributed by atoms with van der Waals surface area (Å²) in [7, 11) is -3.65. The summed E-state index contributed by atoms with van der Waals surface area (Å²) in [6, 6.07) is 2.88. The van der Waals surface area contributed by atoms with E-state index in [9.17, 15) is 8.42 Å². The fraction of sp³-hybridized carbons (Fsp3) is 0.571. The summed E-state index contributed by atoms with van der Waals surface area (Å²) in [5, 5.41) is 0.520. The monoisotopic (exact) mass is 350 g/mol. The van der Waals surface area contributed by atoms with E-state index in [0.717, 1.165) is 12.8 Å². The van der Waals surface area contributed by atoms with Crippen LogP contribution in [-0.2, 0) is 16.6 Å². The summed E-state index contributed by atoms with van der Waals surface area (Å²) in [6.45, 7) is 4.38. The first kappa shape index (κ1) is 17.0. The number of nitrogens with two attached hydrogens (primary N) is 1. The molecule has 1 aromatic carbocycles. The summed E-state index contributed by atoms with van der Waals surface area (Å²) in [5.74, 6) is 0.460. The Morgan fingerprint density at radius 1 is 1.33 bits per heavy atom. The molecule has 1 fully saturated rings. The Labute approximate surface area is 136 Å². The Balaban J connectivity index is 2.46. The molecular formula is C14H20Cl2N2O2S. The van der Waals surface area contributed by atoms with Gasteiger partial charge in [0.1, 0.15) is 4.90 Å². The molecule has 118 valence electrons. The first-order valence-corrected chi connectivity index (χ1v) is 9.17. The van der Waals surface area contributed by atoms with Crippen LogP contribution in [0.15, 0.2) is 17.0 Å². The zero-order valence-electron chi connectivity index (χ0n) is 12.1. The molecule has 0 bridgehead atoms. The first-order chi connectivity index (χ1) is 9.78. The summed E-state index contributed by atoms with van der Waals surface area (Å²) in [6.07, 6.45) is 2.17. The van der Waals surface area contributed by atoms with Crippen molar-refractivity contribution in [3.8, 4) is 0 Å². The van der Waals surface area contributed by atoms with Crippen molar-refractivity contribution in [1.29, 1.82) is 0 Å². The molecule has 0 aromatic heterocycles. The molecule has 1 saturated carbocycles. The van der Waals surface area contributed by atoms with E-state index < -0.39 is 10.0 Å². The molecule has 0 heterocycles. The Morgan fingerprint density at radius 2 is 1.95 bits per heavy atom. The second-order valence-electron chi connectivity index (χ2n) is 5.65. The van der Waals surface area contributed by atoms with Gasteiger partial charge in [-0.2, -0.15) is 4.31 Å². The normalized spacial score (nSPS) is 16.0. The zero-order chi connectivity index (χ0) is 15.8. The van der Waals surface area contributed by atoms with Gasteiger partial charge in [-0.05, 0) is 44.7 Å². The quantitative estimate of drug-likeness (QED) is 0.856. The number of hydrogen-bond donors (Lipinski definition) is 1. The molecule has 4 nitrogen and oxygen atoms in total. The van der Waals surface area contributed by atoms with E-state index in [1.807, 2.05) is 13.8 Å². The van der Waals surface area contributed by atoms with E-state index in [1.165, 1.54) is 16.4 Å². The van der Waals surface area contributed by atoms with Gasteiger partial charge in [-0.1, -0.05) is 23.2 Å². The van der Waals surface area contributed by atoms with Gasteiger partial charge in [0.15, 0.2) is 0 Å². The molecule has 2 N–H and O–H groups in total. The molecule has 7 heteroatoms. The van der Waals surface area contributed by atoms with Crippen molar-refractivity contribution in [2.75, 3.05) is 6.54 Å². The lowest BCUT2D eigenvalue weighted by atomic mass is 10.2. The van der Waals surface area contributed by atoms with Gasteiger partial charge in [-0.25, -0.2) is 8.42 Å². The van der Waals surface area contributed by atoms with Crippen molar-refractivity contribution in [2.24, 2.45) is 11.7 Å². The Bertz CT molecular complexity index is 628. The third kappa shape index (κ3) is 3.54. The van der Waals surface area contributed by atoms with Crippen molar-refractivity contribution < 1.29 is 8.42 Å². The van der Waals surface area contributed by atoms with Crippen LogP contribution in [0.25, 0.3) is 0 Å². The number of nitrogens with zero attached hydrogens (tertiary/aromatic N) is 1. The predicted molar refractivity (Wildman–Crippen MR) is 86.1 cm³/mol. The van der Waals surface area contributed by atoms with E-state index in [0.29, 0.717) is 23.0 Å². The van der Waals surface area contributed by atoms with Crippen molar-refractivity contribution in [3.63, 3.8) is 0 Å². The van der Waals surface area contributed by atoms with Gasteiger partial charge in [-0.3, -0.25) is 0 Å². The van der Waals surface area contributed by atoms with Gasteiger partial charge >= 0.3 is 0 Å². The highest BCUT2D eigenvalue weighted by Gasteiger charge is 2.34. The number of benzene rings is 1. The second-order valence-corrected chi connectivity index (χ2v) is 8.30. The van der Waals surface area contributed by atoms with Crippen LogP contribution in [0, 0.1) is 5.92 Å². The number of halogens is 2. The van der Waals surface area contributed by atoms with Gasteiger partial charge in [0.05, 0.1) is 5.02 Å². The highest BCUT2D eigenvalue weighted by molar-refractivity contribution is 7.89. The van der Waals surface area contributed by atoms with E-state index in [2.05, 4.69) is 0 Å². The van der Waals surface area contributed by atoms with E-state index in [1.54, 1.807) is 0 Å². The maximum atomic E-state index is 12.9. The van der Waals surface area contributed by atoms with Crippen LogP contribution in [0.5, 0.6) is 0 Å². The van der Waals surface area contributed by atoms with Crippen LogP contribution in [0.4, 0.5) is 0 Å². The zero-order valence-corrected chi connectivity index (χ0v) is 14.5. The van der Waals surface area contributed by atoms with Gasteiger partial charge in [-0.15, -0.1) is 0 Å². The van der Waals surface area contributed by atoms with Crippen molar-refractivity contribution >= 4 is 33.2 Å². The molecule has 1 aliphatic rings.